The predicted molar refractivity (Wildman–Crippen MR) is 158 cm³/mol. The van der Waals surface area contributed by atoms with E-state index in [9.17, 15) is 75.3 Å². The van der Waals surface area contributed by atoms with E-state index in [1.54, 1.807) is 6.92 Å². The minimum Gasteiger partial charge on any atom is -0.479 e. The third-order valence-corrected chi connectivity index (χ3v) is 9.92. The largest absolute Gasteiger partial charge is 0.479 e. The summed E-state index contributed by atoms with van der Waals surface area (Å²) in [5.74, 6) is -8.83. The van der Waals surface area contributed by atoms with Crippen molar-refractivity contribution >= 4 is 24.2 Å². The number of ether oxygens (including phenoxy) is 4. The van der Waals surface area contributed by atoms with Crippen molar-refractivity contribution in [3.63, 3.8) is 0 Å². The minimum absolute atomic E-state index is 0.115. The lowest BCUT2D eigenvalue weighted by Gasteiger charge is -2.48. The molecule has 0 radical (unpaired) electrons. The van der Waals surface area contributed by atoms with Gasteiger partial charge in [-0.3, -0.25) is 0 Å². The second kappa shape index (κ2) is 17.7. The van der Waals surface area contributed by atoms with Gasteiger partial charge in [0.1, 0.15) is 36.8 Å². The molecule has 0 aromatic heterocycles. The number of rotatable bonds is 16. The first-order chi connectivity index (χ1) is 23.0. The monoisotopic (exact) mass is 712 g/mol. The summed E-state index contributed by atoms with van der Waals surface area (Å²) in [4.78, 5) is 47.6. The smallest absolute Gasteiger partial charge is 0.335 e. The molecule has 19 heteroatoms. The molecule has 0 bridgehead atoms. The molecule has 19 nitrogen and oxygen atoms in total. The maximum Gasteiger partial charge on any atom is 0.335 e. The number of aliphatic hydroxyl groups is 8. The van der Waals surface area contributed by atoms with Crippen molar-refractivity contribution in [2.45, 2.75) is 137 Å². The molecule has 282 valence electrons. The minimum atomic E-state index is -1.96. The molecule has 0 amide bonds. The summed E-state index contributed by atoms with van der Waals surface area (Å²) < 4.78 is 21.5. The molecular formula is C30H48O19. The molecule has 0 aromatic rings. The number of aliphatic carboxylic acids is 3. The predicted octanol–water partition coefficient (Wildman–Crippen LogP) is -4.15. The fourth-order valence-electron chi connectivity index (χ4n) is 7.05. The lowest BCUT2D eigenvalue weighted by Crippen LogP contribution is -2.63. The van der Waals surface area contributed by atoms with Crippen molar-refractivity contribution in [3.05, 3.63) is 0 Å². The van der Waals surface area contributed by atoms with Gasteiger partial charge in [0.05, 0.1) is 42.7 Å². The van der Waals surface area contributed by atoms with Crippen LogP contribution in [0.4, 0.5) is 0 Å². The molecule has 18 atom stereocenters. The molecule has 0 spiro atoms. The molecular weight excluding hydrogens is 664 g/mol. The Bertz CT molecular complexity index is 1120. The summed E-state index contributed by atoms with van der Waals surface area (Å²) in [6, 6.07) is 0. The Labute approximate surface area is 280 Å². The van der Waals surface area contributed by atoms with Gasteiger partial charge in [0.2, 0.25) is 0 Å². The third kappa shape index (κ3) is 9.29. The van der Waals surface area contributed by atoms with Gasteiger partial charge in [-0.2, -0.15) is 0 Å². The Morgan fingerprint density at radius 1 is 0.694 bits per heavy atom. The Morgan fingerprint density at radius 3 is 1.55 bits per heavy atom. The summed E-state index contributed by atoms with van der Waals surface area (Å²) in [6.45, 7) is 1.67. The summed E-state index contributed by atoms with van der Waals surface area (Å²) in [6.07, 6.45) is -26.1. The van der Waals surface area contributed by atoms with Gasteiger partial charge in [-0.05, 0) is 38.0 Å². The molecule has 11 N–H and O–H groups in total. The van der Waals surface area contributed by atoms with E-state index in [0.717, 1.165) is 7.11 Å². The van der Waals surface area contributed by atoms with E-state index < -0.39 is 140 Å². The number of carboxylic acid groups (broad SMARTS) is 3. The van der Waals surface area contributed by atoms with Crippen molar-refractivity contribution < 1.29 is 94.3 Å². The Morgan fingerprint density at radius 2 is 1.12 bits per heavy atom. The fraction of sp³-hybridized carbons (Fsp3) is 0.867. The van der Waals surface area contributed by atoms with Crippen molar-refractivity contribution in [2.24, 2.45) is 17.8 Å². The molecule has 0 saturated carbocycles. The molecule has 0 aliphatic carbocycles. The zero-order valence-electron chi connectivity index (χ0n) is 26.9. The van der Waals surface area contributed by atoms with E-state index in [1.165, 1.54) is 0 Å². The van der Waals surface area contributed by atoms with Crippen molar-refractivity contribution in [2.75, 3.05) is 7.11 Å². The molecule has 3 saturated heterocycles. The number of aliphatic hydroxyl groups excluding tert-OH is 8. The summed E-state index contributed by atoms with van der Waals surface area (Å²) in [7, 11) is 1.08. The number of carbonyl (C=O) groups excluding carboxylic acids is 1. The van der Waals surface area contributed by atoms with Crippen LogP contribution in [0, 0.1) is 17.8 Å². The zero-order chi connectivity index (χ0) is 36.9. The highest BCUT2D eigenvalue weighted by atomic mass is 16.6. The topological polar surface area (TPSA) is 328 Å². The molecule has 3 aliphatic rings. The summed E-state index contributed by atoms with van der Waals surface area (Å²) in [5, 5.41) is 115. The number of hydrogen-bond acceptors (Lipinski definition) is 16. The number of methoxy groups -OCH3 is 1. The van der Waals surface area contributed by atoms with Crippen LogP contribution in [0.1, 0.15) is 45.4 Å². The van der Waals surface area contributed by atoms with E-state index in [4.69, 9.17) is 18.9 Å². The highest BCUT2D eigenvalue weighted by molar-refractivity contribution is 5.74. The van der Waals surface area contributed by atoms with Crippen LogP contribution in [0.5, 0.6) is 0 Å². The van der Waals surface area contributed by atoms with Crippen LogP contribution in [-0.2, 0) is 38.1 Å². The van der Waals surface area contributed by atoms with Gasteiger partial charge in [0, 0.05) is 25.4 Å². The van der Waals surface area contributed by atoms with Crippen LogP contribution in [0.3, 0.4) is 0 Å². The van der Waals surface area contributed by atoms with Gasteiger partial charge in [-0.15, -0.1) is 0 Å². The second-order valence-electron chi connectivity index (χ2n) is 13.0. The lowest BCUT2D eigenvalue weighted by atomic mass is 9.75. The number of aldehydes is 1. The van der Waals surface area contributed by atoms with Gasteiger partial charge >= 0.3 is 17.9 Å². The summed E-state index contributed by atoms with van der Waals surface area (Å²) in [5.41, 5.74) is 0. The first-order valence-corrected chi connectivity index (χ1v) is 16.0. The quantitative estimate of drug-likeness (QED) is 0.0677. The Hall–Kier alpha value is -2.40. The molecule has 3 aliphatic heterocycles. The van der Waals surface area contributed by atoms with E-state index in [1.807, 2.05) is 0 Å². The molecule has 18 unspecified atom stereocenters. The van der Waals surface area contributed by atoms with Gasteiger partial charge in [0.25, 0.3) is 0 Å². The Kier molecular flexibility index (Phi) is 14.8. The lowest BCUT2D eigenvalue weighted by molar-refractivity contribution is -0.256. The summed E-state index contributed by atoms with van der Waals surface area (Å²) >= 11 is 0. The second-order valence-corrected chi connectivity index (χ2v) is 13.0. The number of carbonyl (C=O) groups is 4. The van der Waals surface area contributed by atoms with Crippen molar-refractivity contribution in [1.82, 2.24) is 0 Å². The van der Waals surface area contributed by atoms with Gasteiger partial charge < -0.3 is 79.9 Å². The zero-order valence-corrected chi connectivity index (χ0v) is 26.9. The van der Waals surface area contributed by atoms with E-state index in [2.05, 4.69) is 0 Å². The maximum atomic E-state index is 12.3. The molecule has 49 heavy (non-hydrogen) atoms. The van der Waals surface area contributed by atoms with Crippen LogP contribution in [0.2, 0.25) is 0 Å². The van der Waals surface area contributed by atoms with E-state index in [0.29, 0.717) is 12.7 Å². The molecule has 3 fully saturated rings. The number of carboxylic acids is 3. The van der Waals surface area contributed by atoms with Crippen LogP contribution in [-0.4, -0.2) is 179 Å². The van der Waals surface area contributed by atoms with E-state index in [-0.39, 0.29) is 19.3 Å². The van der Waals surface area contributed by atoms with Crippen LogP contribution < -0.4 is 0 Å². The van der Waals surface area contributed by atoms with Crippen LogP contribution >= 0.6 is 0 Å². The maximum absolute atomic E-state index is 12.3. The third-order valence-electron chi connectivity index (χ3n) is 9.92. The highest BCUT2D eigenvalue weighted by Crippen LogP contribution is 2.39. The highest BCUT2D eigenvalue weighted by Gasteiger charge is 2.55. The van der Waals surface area contributed by atoms with Crippen molar-refractivity contribution in [1.29, 1.82) is 0 Å². The molecule has 0 aromatic carbocycles. The first kappa shape index (κ1) is 41.0. The molecule has 3 heterocycles. The van der Waals surface area contributed by atoms with Gasteiger partial charge in [0.15, 0.2) is 18.3 Å². The average molecular weight is 713 g/mol. The first-order valence-electron chi connectivity index (χ1n) is 16.0. The average Bonchev–Trinajstić information content (AvgIpc) is 3.04. The van der Waals surface area contributed by atoms with Crippen LogP contribution in [0.25, 0.3) is 0 Å². The van der Waals surface area contributed by atoms with Gasteiger partial charge in [-0.25, -0.2) is 14.4 Å². The Balaban J connectivity index is 1.79. The number of hydrogen-bond donors (Lipinski definition) is 11. The standard InChI is InChI=1S/C30H48O19/c1-3-11(32)7-14(33)10(4-5-31)6-15-20(36)18(34)12(24(47-15)28(40)41)8-16-21(37)19(35)13(25(48-16)29(42)43)9-17-22(38)23(39)26(46-2)27(49-17)30(44)45/h5,10-27,32-39H,3-4,6-9H2,1-2H3,(H,40,41)(H,42,43)(H,44,45). The SMILES string of the molecule is CCC(O)CC(O)C(CC=O)CC1OC(C(=O)O)C(CC2OC(C(=O)O)C(CC3OC(C(=O)O)C(OC)C(O)C3O)C(O)C2O)C(O)C1O. The van der Waals surface area contributed by atoms with Crippen molar-refractivity contribution in [3.8, 4) is 0 Å². The van der Waals surface area contributed by atoms with Gasteiger partial charge in [-0.1, -0.05) is 6.92 Å². The fourth-order valence-corrected chi connectivity index (χ4v) is 7.05. The van der Waals surface area contributed by atoms with Crippen LogP contribution in [0.15, 0.2) is 0 Å². The van der Waals surface area contributed by atoms with E-state index >= 15 is 0 Å². The molecule has 3 rings (SSSR count). The normalized spacial score (nSPS) is 41.7.